The largest absolute Gasteiger partial charge is 0.366 e. The molecule has 12 heavy (non-hydrogen) atoms. The first-order chi connectivity index (χ1) is 5.68. The summed E-state index contributed by atoms with van der Waals surface area (Å²) < 4.78 is 0. The molecule has 0 aromatic heterocycles. The molecule has 1 rings (SSSR count). The highest BCUT2D eigenvalue weighted by Gasteiger charge is 1.89. The molecule has 2 nitrogen and oxygen atoms in total. The third-order valence-electron chi connectivity index (χ3n) is 1.29. The number of hydrogen-bond acceptors (Lipinski definition) is 1. The summed E-state index contributed by atoms with van der Waals surface area (Å²) in [6.45, 7) is 0. The molecule has 0 fully saturated rings. The Bertz CT molecular complexity index is 320. The summed E-state index contributed by atoms with van der Waals surface area (Å²) in [6.07, 6.45) is 2.92. The van der Waals surface area contributed by atoms with Crippen molar-refractivity contribution in [2.45, 2.75) is 0 Å². The van der Waals surface area contributed by atoms with Crippen molar-refractivity contribution in [2.24, 2.45) is 5.73 Å². The number of nitrogens with two attached hydrogens (primary N) is 1. The lowest BCUT2D eigenvalue weighted by atomic mass is 10.2. The van der Waals surface area contributed by atoms with Gasteiger partial charge in [-0.25, -0.2) is 0 Å². The first-order valence-electron chi connectivity index (χ1n) is 3.41. The Morgan fingerprint density at radius 3 is 2.83 bits per heavy atom. The molecule has 62 valence electrons. The zero-order valence-electron chi connectivity index (χ0n) is 6.33. The summed E-state index contributed by atoms with van der Waals surface area (Å²) in [4.78, 5) is 10.4. The van der Waals surface area contributed by atoms with Crippen LogP contribution in [0.5, 0.6) is 0 Å². The number of benzene rings is 1. The van der Waals surface area contributed by atoms with Crippen LogP contribution in [-0.2, 0) is 4.79 Å². The predicted molar refractivity (Wildman–Crippen MR) is 49.7 cm³/mol. The van der Waals surface area contributed by atoms with Crippen molar-refractivity contribution in [3.05, 3.63) is 40.9 Å². The van der Waals surface area contributed by atoms with Gasteiger partial charge in [-0.2, -0.15) is 0 Å². The van der Waals surface area contributed by atoms with Crippen LogP contribution in [0.3, 0.4) is 0 Å². The highest BCUT2D eigenvalue weighted by atomic mass is 35.5. The van der Waals surface area contributed by atoms with E-state index in [1.807, 2.05) is 12.1 Å². The van der Waals surface area contributed by atoms with E-state index in [0.717, 1.165) is 5.56 Å². The number of amides is 1. The zero-order valence-corrected chi connectivity index (χ0v) is 7.08. The average Bonchev–Trinajstić information content (AvgIpc) is 2.01. The maximum absolute atomic E-state index is 10.4. The molecular formula is C9H8ClNO. The van der Waals surface area contributed by atoms with Crippen LogP contribution in [0.4, 0.5) is 0 Å². The van der Waals surface area contributed by atoms with Gasteiger partial charge in [0.15, 0.2) is 0 Å². The Morgan fingerprint density at radius 1 is 1.50 bits per heavy atom. The van der Waals surface area contributed by atoms with Gasteiger partial charge in [-0.1, -0.05) is 23.7 Å². The van der Waals surface area contributed by atoms with E-state index >= 15 is 0 Å². The van der Waals surface area contributed by atoms with E-state index in [0.29, 0.717) is 5.02 Å². The molecule has 0 saturated heterocycles. The van der Waals surface area contributed by atoms with Gasteiger partial charge < -0.3 is 5.73 Å². The van der Waals surface area contributed by atoms with E-state index in [1.54, 1.807) is 18.2 Å². The van der Waals surface area contributed by atoms with Gasteiger partial charge >= 0.3 is 0 Å². The third-order valence-corrected chi connectivity index (χ3v) is 1.52. The van der Waals surface area contributed by atoms with Crippen LogP contribution in [-0.4, -0.2) is 5.91 Å². The van der Waals surface area contributed by atoms with Crippen LogP contribution in [0.2, 0.25) is 5.02 Å². The molecule has 0 aliphatic heterocycles. The van der Waals surface area contributed by atoms with E-state index < -0.39 is 5.91 Å². The summed E-state index contributed by atoms with van der Waals surface area (Å²) in [5.41, 5.74) is 5.78. The van der Waals surface area contributed by atoms with E-state index in [2.05, 4.69) is 0 Å². The van der Waals surface area contributed by atoms with Crippen LogP contribution in [0.25, 0.3) is 6.08 Å². The van der Waals surface area contributed by atoms with Gasteiger partial charge in [0.05, 0.1) is 0 Å². The molecule has 1 amide bonds. The lowest BCUT2D eigenvalue weighted by Gasteiger charge is -1.92. The van der Waals surface area contributed by atoms with Crippen molar-refractivity contribution in [3.63, 3.8) is 0 Å². The highest BCUT2D eigenvalue weighted by Crippen LogP contribution is 2.11. The van der Waals surface area contributed by atoms with Crippen molar-refractivity contribution in [1.29, 1.82) is 0 Å². The molecule has 1 aromatic rings. The minimum atomic E-state index is -0.463. The number of primary amides is 1. The van der Waals surface area contributed by atoms with Gasteiger partial charge in [0, 0.05) is 11.1 Å². The van der Waals surface area contributed by atoms with E-state index in [9.17, 15) is 4.79 Å². The Balaban J connectivity index is 2.83. The molecule has 0 unspecified atom stereocenters. The molecule has 3 heteroatoms. The summed E-state index contributed by atoms with van der Waals surface area (Å²) in [5, 5.41) is 0.640. The SMILES string of the molecule is NC(=O)/C=C/c1cccc(Cl)c1. The van der Waals surface area contributed by atoms with Crippen LogP contribution in [0.15, 0.2) is 30.3 Å². The minimum absolute atomic E-state index is 0.463. The fourth-order valence-electron chi connectivity index (χ4n) is 0.789. The fourth-order valence-corrected chi connectivity index (χ4v) is 0.987. The minimum Gasteiger partial charge on any atom is -0.366 e. The summed E-state index contributed by atoms with van der Waals surface area (Å²) >= 11 is 5.71. The normalized spacial score (nSPS) is 10.4. The van der Waals surface area contributed by atoms with Crippen molar-refractivity contribution < 1.29 is 4.79 Å². The molecule has 0 atom stereocenters. The Morgan fingerprint density at radius 2 is 2.25 bits per heavy atom. The highest BCUT2D eigenvalue weighted by molar-refractivity contribution is 6.30. The summed E-state index contributed by atoms with van der Waals surface area (Å²) in [5.74, 6) is -0.463. The predicted octanol–water partition coefficient (Wildman–Crippen LogP) is 1.84. The van der Waals surface area contributed by atoms with Gasteiger partial charge in [0.25, 0.3) is 0 Å². The fraction of sp³-hybridized carbons (Fsp3) is 0. The van der Waals surface area contributed by atoms with Crippen molar-refractivity contribution in [2.75, 3.05) is 0 Å². The van der Waals surface area contributed by atoms with Crippen molar-refractivity contribution in [1.82, 2.24) is 0 Å². The van der Waals surface area contributed by atoms with Gasteiger partial charge in [0.1, 0.15) is 0 Å². The van der Waals surface area contributed by atoms with Crippen LogP contribution >= 0.6 is 11.6 Å². The standard InChI is InChI=1S/C9H8ClNO/c10-8-3-1-2-7(6-8)4-5-9(11)12/h1-6H,(H2,11,12)/b5-4+. The maximum Gasteiger partial charge on any atom is 0.241 e. The topological polar surface area (TPSA) is 43.1 Å². The number of carbonyl (C=O) groups is 1. The number of hydrogen-bond donors (Lipinski definition) is 1. The zero-order chi connectivity index (χ0) is 8.97. The second-order valence-electron chi connectivity index (χ2n) is 2.29. The second kappa shape index (κ2) is 3.93. The van der Waals surface area contributed by atoms with Gasteiger partial charge in [-0.3, -0.25) is 4.79 Å². The molecular weight excluding hydrogens is 174 g/mol. The first kappa shape index (κ1) is 8.81. The van der Waals surface area contributed by atoms with Crippen LogP contribution in [0.1, 0.15) is 5.56 Å². The first-order valence-corrected chi connectivity index (χ1v) is 3.79. The molecule has 0 spiro atoms. The lowest BCUT2D eigenvalue weighted by molar-refractivity contribution is -0.113. The molecule has 0 heterocycles. The Labute approximate surface area is 75.6 Å². The smallest absolute Gasteiger partial charge is 0.241 e. The molecule has 2 N–H and O–H groups in total. The molecule has 0 aliphatic rings. The molecule has 1 aromatic carbocycles. The number of halogens is 1. The van der Waals surface area contributed by atoms with Gasteiger partial charge in [-0.15, -0.1) is 0 Å². The number of rotatable bonds is 2. The molecule has 0 bridgehead atoms. The van der Waals surface area contributed by atoms with Crippen molar-refractivity contribution in [3.8, 4) is 0 Å². The molecule has 0 radical (unpaired) electrons. The van der Waals surface area contributed by atoms with Gasteiger partial charge in [-0.05, 0) is 23.8 Å². The van der Waals surface area contributed by atoms with Gasteiger partial charge in [0.2, 0.25) is 5.91 Å². The second-order valence-corrected chi connectivity index (χ2v) is 2.73. The van der Waals surface area contributed by atoms with Crippen molar-refractivity contribution >= 4 is 23.6 Å². The maximum atomic E-state index is 10.4. The van der Waals surface area contributed by atoms with E-state index in [-0.39, 0.29) is 0 Å². The summed E-state index contributed by atoms with van der Waals surface area (Å²) in [6, 6.07) is 7.17. The van der Waals surface area contributed by atoms with E-state index in [4.69, 9.17) is 17.3 Å². The quantitative estimate of drug-likeness (QED) is 0.696. The third kappa shape index (κ3) is 2.76. The molecule has 0 saturated carbocycles. The molecule has 0 aliphatic carbocycles. The van der Waals surface area contributed by atoms with Crippen LogP contribution < -0.4 is 5.73 Å². The Kier molecular flexibility index (Phi) is 2.88. The van der Waals surface area contributed by atoms with E-state index in [1.165, 1.54) is 6.08 Å². The summed E-state index contributed by atoms with van der Waals surface area (Å²) in [7, 11) is 0. The van der Waals surface area contributed by atoms with Crippen LogP contribution in [0, 0.1) is 0 Å². The lowest BCUT2D eigenvalue weighted by Crippen LogP contribution is -2.04. The monoisotopic (exact) mass is 181 g/mol. The Hall–Kier alpha value is -1.28. The number of carbonyl (C=O) groups excluding carboxylic acids is 1. The average molecular weight is 182 g/mol.